The molecule has 1 unspecified atom stereocenters. The Kier molecular flexibility index (Phi) is 4.10. The molecule has 0 aliphatic carbocycles. The fraction of sp³-hybridized carbons (Fsp3) is 0.304. The average Bonchev–Trinajstić information content (AvgIpc) is 3.44. The van der Waals surface area contributed by atoms with E-state index in [-0.39, 0.29) is 16.9 Å². The van der Waals surface area contributed by atoms with E-state index < -0.39 is 11.7 Å². The van der Waals surface area contributed by atoms with Crippen LogP contribution in [0.2, 0.25) is 0 Å². The van der Waals surface area contributed by atoms with Crippen molar-refractivity contribution in [1.82, 2.24) is 9.88 Å². The number of fused-ring (bicyclic) bond motifs is 3. The highest BCUT2D eigenvalue weighted by Crippen LogP contribution is 2.45. The fourth-order valence-corrected chi connectivity index (χ4v) is 5.19. The number of para-hydroxylation sites is 1. The van der Waals surface area contributed by atoms with Crippen molar-refractivity contribution in [1.29, 1.82) is 0 Å². The summed E-state index contributed by atoms with van der Waals surface area (Å²) in [5.41, 5.74) is 7.54. The lowest BCUT2D eigenvalue weighted by atomic mass is 9.86. The van der Waals surface area contributed by atoms with Crippen molar-refractivity contribution in [2.45, 2.75) is 12.8 Å². The molecule has 0 saturated carbocycles. The molecule has 3 heterocycles. The van der Waals surface area contributed by atoms with Crippen molar-refractivity contribution in [3.63, 3.8) is 0 Å². The van der Waals surface area contributed by atoms with E-state index in [9.17, 15) is 9.59 Å². The summed E-state index contributed by atoms with van der Waals surface area (Å²) in [7, 11) is 0. The Morgan fingerprint density at radius 3 is 2.73 bits per heavy atom. The number of nitrogens with zero attached hydrogens (tertiary/aromatic N) is 2. The molecular weight excluding hydrogens is 383 g/mol. The molecule has 154 valence electrons. The van der Waals surface area contributed by atoms with E-state index in [1.165, 1.54) is 12.1 Å². The van der Waals surface area contributed by atoms with E-state index in [0.29, 0.717) is 42.8 Å². The Morgan fingerprint density at radius 1 is 1.20 bits per heavy atom. The summed E-state index contributed by atoms with van der Waals surface area (Å²) in [5, 5.41) is 1.55. The first-order valence-electron chi connectivity index (χ1n) is 10.1. The number of halogens is 1. The van der Waals surface area contributed by atoms with Gasteiger partial charge in [-0.15, -0.1) is 0 Å². The van der Waals surface area contributed by atoms with Crippen LogP contribution in [0.25, 0.3) is 21.8 Å². The van der Waals surface area contributed by atoms with Crippen LogP contribution in [0.4, 0.5) is 10.1 Å². The number of hydrogen-bond donors (Lipinski definition) is 2. The minimum atomic E-state index is -0.663. The summed E-state index contributed by atoms with van der Waals surface area (Å²) in [6.45, 7) is 6.29. The predicted molar refractivity (Wildman–Crippen MR) is 115 cm³/mol. The van der Waals surface area contributed by atoms with Gasteiger partial charge in [0, 0.05) is 47.9 Å². The molecular formula is C23H23FN4O2. The molecule has 3 N–H and O–H groups in total. The minimum Gasteiger partial charge on any atom is -0.368 e. The lowest BCUT2D eigenvalue weighted by Crippen LogP contribution is -2.33. The number of rotatable bonds is 3. The van der Waals surface area contributed by atoms with Crippen molar-refractivity contribution >= 4 is 39.3 Å². The first-order valence-corrected chi connectivity index (χ1v) is 10.1. The summed E-state index contributed by atoms with van der Waals surface area (Å²) < 4.78 is 15.4. The van der Waals surface area contributed by atoms with E-state index in [0.717, 1.165) is 23.7 Å². The zero-order valence-electron chi connectivity index (χ0n) is 16.6. The molecule has 6 nitrogen and oxygen atoms in total. The van der Waals surface area contributed by atoms with Gasteiger partial charge in [-0.1, -0.05) is 24.8 Å². The van der Waals surface area contributed by atoms with E-state index in [2.05, 4.69) is 16.5 Å². The van der Waals surface area contributed by atoms with Gasteiger partial charge in [0.25, 0.3) is 5.91 Å². The van der Waals surface area contributed by atoms with Crippen molar-refractivity contribution < 1.29 is 14.0 Å². The summed E-state index contributed by atoms with van der Waals surface area (Å²) >= 11 is 0. The number of aromatic nitrogens is 1. The topological polar surface area (TPSA) is 82.4 Å². The van der Waals surface area contributed by atoms with Gasteiger partial charge < -0.3 is 20.5 Å². The van der Waals surface area contributed by atoms with Crippen LogP contribution in [0.15, 0.2) is 43.0 Å². The minimum absolute atomic E-state index is 0.0497. The molecule has 2 saturated heterocycles. The SMILES string of the molecule is C=CC(=O)N1CCC2(CCN(c3c(F)cc(C(N)=O)c4[nH]c5ccccc5c34)C2)C1. The molecule has 3 aromatic rings. The molecule has 2 aliphatic heterocycles. The quantitative estimate of drug-likeness (QED) is 0.656. The molecule has 30 heavy (non-hydrogen) atoms. The summed E-state index contributed by atoms with van der Waals surface area (Å²) in [6.07, 6.45) is 3.12. The maximum Gasteiger partial charge on any atom is 0.250 e. The highest BCUT2D eigenvalue weighted by Gasteiger charge is 2.45. The third kappa shape index (κ3) is 2.69. The number of aromatic amines is 1. The smallest absolute Gasteiger partial charge is 0.250 e. The van der Waals surface area contributed by atoms with Gasteiger partial charge in [0.15, 0.2) is 0 Å². The second-order valence-electron chi connectivity index (χ2n) is 8.42. The van der Waals surface area contributed by atoms with E-state index in [4.69, 9.17) is 5.73 Å². The fourth-order valence-electron chi connectivity index (χ4n) is 5.19. The zero-order valence-corrected chi connectivity index (χ0v) is 16.6. The van der Waals surface area contributed by atoms with Crippen LogP contribution in [0.3, 0.4) is 0 Å². The lowest BCUT2D eigenvalue weighted by Gasteiger charge is -2.26. The molecule has 0 radical (unpaired) electrons. The molecule has 1 atom stereocenters. The maximum atomic E-state index is 15.4. The standard InChI is InChI=1S/C23H23FN4O2/c1-2-18(29)27-9-7-23(12-27)8-10-28(13-23)21-16(24)11-15(22(25)30)20-19(21)14-5-3-4-6-17(14)26-20/h2-6,11,26H,1,7-10,12-13H2,(H2,25,30). The molecule has 0 bridgehead atoms. The van der Waals surface area contributed by atoms with Crippen LogP contribution in [0.1, 0.15) is 23.2 Å². The van der Waals surface area contributed by atoms with Gasteiger partial charge in [-0.3, -0.25) is 9.59 Å². The van der Waals surface area contributed by atoms with Crippen molar-refractivity contribution in [3.8, 4) is 0 Å². The molecule has 1 aromatic heterocycles. The summed E-state index contributed by atoms with van der Waals surface area (Å²) in [5.74, 6) is -1.17. The van der Waals surface area contributed by atoms with Crippen LogP contribution < -0.4 is 10.6 Å². The second kappa shape index (κ2) is 6.58. The maximum absolute atomic E-state index is 15.4. The van der Waals surface area contributed by atoms with Gasteiger partial charge in [-0.2, -0.15) is 0 Å². The van der Waals surface area contributed by atoms with E-state index >= 15 is 4.39 Å². The number of H-pyrrole nitrogens is 1. The third-order valence-electron chi connectivity index (χ3n) is 6.65. The van der Waals surface area contributed by atoms with Gasteiger partial charge in [0.1, 0.15) is 5.82 Å². The van der Waals surface area contributed by atoms with Crippen LogP contribution >= 0.6 is 0 Å². The molecule has 2 aromatic carbocycles. The summed E-state index contributed by atoms with van der Waals surface area (Å²) in [4.78, 5) is 31.2. The van der Waals surface area contributed by atoms with Crippen LogP contribution in [-0.4, -0.2) is 47.9 Å². The number of anilines is 1. The Morgan fingerprint density at radius 2 is 1.97 bits per heavy atom. The van der Waals surface area contributed by atoms with Gasteiger partial charge in [-0.25, -0.2) is 4.39 Å². The number of nitrogens with one attached hydrogen (secondary N) is 1. The third-order valence-corrected chi connectivity index (χ3v) is 6.65. The van der Waals surface area contributed by atoms with Crippen molar-refractivity contribution in [2.75, 3.05) is 31.1 Å². The lowest BCUT2D eigenvalue weighted by molar-refractivity contribution is -0.125. The number of benzene rings is 2. The van der Waals surface area contributed by atoms with Crippen LogP contribution in [0, 0.1) is 11.2 Å². The molecule has 2 amide bonds. The first kappa shape index (κ1) is 18.7. The largest absolute Gasteiger partial charge is 0.368 e. The Bertz CT molecular complexity index is 1220. The number of primary amides is 1. The molecule has 2 fully saturated rings. The summed E-state index contributed by atoms with van der Waals surface area (Å²) in [6, 6.07) is 8.86. The number of carbonyl (C=O) groups excluding carboxylic acids is 2. The molecule has 5 rings (SSSR count). The number of amides is 2. The van der Waals surface area contributed by atoms with Crippen molar-refractivity contribution in [3.05, 3.63) is 54.4 Å². The van der Waals surface area contributed by atoms with Crippen LogP contribution in [0.5, 0.6) is 0 Å². The second-order valence-corrected chi connectivity index (χ2v) is 8.42. The van der Waals surface area contributed by atoms with Gasteiger partial charge >= 0.3 is 0 Å². The monoisotopic (exact) mass is 406 g/mol. The highest BCUT2D eigenvalue weighted by atomic mass is 19.1. The Labute approximate surface area is 173 Å². The van der Waals surface area contributed by atoms with Crippen LogP contribution in [-0.2, 0) is 4.79 Å². The molecule has 2 aliphatic rings. The van der Waals surface area contributed by atoms with Gasteiger partial charge in [0.05, 0.1) is 16.8 Å². The number of hydrogen-bond acceptors (Lipinski definition) is 3. The normalized spacial score (nSPS) is 21.2. The number of likely N-dealkylation sites (tertiary alicyclic amines) is 1. The number of carbonyl (C=O) groups is 2. The predicted octanol–water partition coefficient (Wildman–Crippen LogP) is 3.17. The first-order chi connectivity index (χ1) is 14.4. The van der Waals surface area contributed by atoms with Gasteiger partial charge in [0.2, 0.25) is 5.91 Å². The Hall–Kier alpha value is -3.35. The van der Waals surface area contributed by atoms with Gasteiger partial charge in [-0.05, 0) is 31.1 Å². The average molecular weight is 406 g/mol. The van der Waals surface area contributed by atoms with Crippen molar-refractivity contribution in [2.24, 2.45) is 11.1 Å². The Balaban J connectivity index is 1.61. The molecule has 1 spiro atoms. The van der Waals surface area contributed by atoms with E-state index in [1.54, 1.807) is 0 Å². The van der Waals surface area contributed by atoms with E-state index in [1.807, 2.05) is 29.2 Å². The molecule has 7 heteroatoms. The zero-order chi connectivity index (χ0) is 21.0. The highest BCUT2D eigenvalue weighted by molar-refractivity contribution is 6.19. The number of nitrogens with two attached hydrogens (primary N) is 1.